The second-order valence-electron chi connectivity index (χ2n) is 5.71. The molecule has 0 amide bonds. The third-order valence-corrected chi connectivity index (χ3v) is 4.22. The normalized spacial score (nSPS) is 13.8. The van der Waals surface area contributed by atoms with Gasteiger partial charge in [0.25, 0.3) is 0 Å². The largest absolute Gasteiger partial charge is 0.490 e. The number of nitrogens with one attached hydrogen (secondary N) is 1. The summed E-state index contributed by atoms with van der Waals surface area (Å²) < 4.78 is 11.8. The van der Waals surface area contributed by atoms with Crippen LogP contribution >= 0.6 is 11.6 Å². The number of halogens is 1. The van der Waals surface area contributed by atoms with Crippen LogP contribution in [0.4, 0.5) is 0 Å². The van der Waals surface area contributed by atoms with Gasteiger partial charge in [0.05, 0.1) is 6.61 Å². The van der Waals surface area contributed by atoms with Crippen molar-refractivity contribution in [2.75, 3.05) is 6.61 Å². The fourth-order valence-electron chi connectivity index (χ4n) is 2.44. The minimum Gasteiger partial charge on any atom is -0.490 e. The van der Waals surface area contributed by atoms with Crippen LogP contribution in [-0.4, -0.2) is 12.6 Å². The van der Waals surface area contributed by atoms with E-state index in [-0.39, 0.29) is 0 Å². The van der Waals surface area contributed by atoms with Crippen molar-refractivity contribution in [3.05, 3.63) is 58.6 Å². The van der Waals surface area contributed by atoms with Crippen molar-refractivity contribution < 1.29 is 9.47 Å². The molecule has 0 aromatic heterocycles. The molecule has 0 heterocycles. The smallest absolute Gasteiger partial charge is 0.166 e. The average molecular weight is 332 g/mol. The van der Waals surface area contributed by atoms with Gasteiger partial charge in [-0.15, -0.1) is 0 Å². The third kappa shape index (κ3) is 4.40. The van der Waals surface area contributed by atoms with Crippen LogP contribution in [0.3, 0.4) is 0 Å². The van der Waals surface area contributed by atoms with E-state index in [4.69, 9.17) is 21.1 Å². The highest BCUT2D eigenvalue weighted by atomic mass is 35.5. The number of benzene rings is 2. The summed E-state index contributed by atoms with van der Waals surface area (Å²) in [5, 5.41) is 4.25. The molecule has 1 N–H and O–H groups in total. The lowest BCUT2D eigenvalue weighted by molar-refractivity contribution is 0.266. The van der Waals surface area contributed by atoms with E-state index in [2.05, 4.69) is 11.4 Å². The van der Waals surface area contributed by atoms with Gasteiger partial charge < -0.3 is 14.8 Å². The van der Waals surface area contributed by atoms with E-state index in [1.54, 1.807) is 0 Å². The number of para-hydroxylation sites is 1. The molecule has 1 saturated carbocycles. The van der Waals surface area contributed by atoms with Crippen LogP contribution in [-0.2, 0) is 13.2 Å². The molecule has 4 heteroatoms. The lowest BCUT2D eigenvalue weighted by Gasteiger charge is -2.17. The van der Waals surface area contributed by atoms with Gasteiger partial charge in [0.2, 0.25) is 0 Å². The lowest BCUT2D eigenvalue weighted by Crippen LogP contribution is -2.16. The molecule has 1 fully saturated rings. The summed E-state index contributed by atoms with van der Waals surface area (Å²) in [6.45, 7) is 3.82. The van der Waals surface area contributed by atoms with Crippen LogP contribution in [0.5, 0.6) is 11.5 Å². The van der Waals surface area contributed by atoms with E-state index >= 15 is 0 Å². The fraction of sp³-hybridized carbons (Fsp3) is 0.368. The number of hydrogen-bond donors (Lipinski definition) is 1. The third-order valence-electron chi connectivity index (χ3n) is 3.85. The van der Waals surface area contributed by atoms with Crippen molar-refractivity contribution in [3.63, 3.8) is 0 Å². The molecule has 0 saturated heterocycles. The number of rotatable bonds is 8. The molecule has 0 spiro atoms. The molecular weight excluding hydrogens is 310 g/mol. The van der Waals surface area contributed by atoms with E-state index in [9.17, 15) is 0 Å². The first kappa shape index (κ1) is 16.2. The maximum atomic E-state index is 6.22. The van der Waals surface area contributed by atoms with Gasteiger partial charge in [0, 0.05) is 28.7 Å². The quantitative estimate of drug-likeness (QED) is 0.768. The molecule has 3 rings (SSSR count). The molecule has 0 radical (unpaired) electrons. The van der Waals surface area contributed by atoms with Gasteiger partial charge in [-0.1, -0.05) is 41.9 Å². The zero-order valence-corrected chi connectivity index (χ0v) is 14.1. The van der Waals surface area contributed by atoms with Crippen molar-refractivity contribution in [3.8, 4) is 11.5 Å². The van der Waals surface area contributed by atoms with E-state index < -0.39 is 0 Å². The van der Waals surface area contributed by atoms with Crippen LogP contribution in [0.2, 0.25) is 5.02 Å². The Kier molecular flexibility index (Phi) is 5.42. The zero-order valence-electron chi connectivity index (χ0n) is 13.3. The zero-order chi connectivity index (χ0) is 16.1. The monoisotopic (exact) mass is 331 g/mol. The highest BCUT2D eigenvalue weighted by Gasteiger charge is 2.21. The second kappa shape index (κ2) is 7.71. The average Bonchev–Trinajstić information content (AvgIpc) is 3.38. The first-order valence-corrected chi connectivity index (χ1v) is 8.50. The topological polar surface area (TPSA) is 30.5 Å². The van der Waals surface area contributed by atoms with E-state index in [0.29, 0.717) is 19.3 Å². The van der Waals surface area contributed by atoms with Gasteiger partial charge in [-0.3, -0.25) is 0 Å². The maximum absolute atomic E-state index is 6.22. The van der Waals surface area contributed by atoms with Crippen LogP contribution < -0.4 is 14.8 Å². The predicted octanol–water partition coefficient (Wildman–Crippen LogP) is 4.57. The molecule has 0 bridgehead atoms. The first-order chi connectivity index (χ1) is 11.3. The molecule has 0 atom stereocenters. The molecule has 2 aromatic rings. The van der Waals surface area contributed by atoms with Crippen molar-refractivity contribution in [1.29, 1.82) is 0 Å². The molecule has 0 aliphatic heterocycles. The van der Waals surface area contributed by atoms with Gasteiger partial charge in [-0.25, -0.2) is 0 Å². The second-order valence-corrected chi connectivity index (χ2v) is 6.12. The van der Waals surface area contributed by atoms with Crippen LogP contribution in [0.1, 0.15) is 30.9 Å². The summed E-state index contributed by atoms with van der Waals surface area (Å²) in [5.74, 6) is 1.59. The Hall–Kier alpha value is -1.71. The molecular formula is C19H22ClNO2. The van der Waals surface area contributed by atoms with Gasteiger partial charge in [-0.05, 0) is 31.9 Å². The van der Waals surface area contributed by atoms with Crippen LogP contribution in [0, 0.1) is 0 Å². The molecule has 0 unspecified atom stereocenters. The lowest BCUT2D eigenvalue weighted by atomic mass is 10.1. The van der Waals surface area contributed by atoms with Crippen molar-refractivity contribution in [2.45, 2.75) is 39.0 Å². The Morgan fingerprint density at radius 3 is 2.57 bits per heavy atom. The predicted molar refractivity (Wildman–Crippen MR) is 93.3 cm³/mol. The Labute approximate surface area is 142 Å². The first-order valence-electron chi connectivity index (χ1n) is 8.12. The van der Waals surface area contributed by atoms with E-state index in [1.165, 1.54) is 12.8 Å². The Balaban J connectivity index is 1.77. The summed E-state index contributed by atoms with van der Waals surface area (Å²) in [6.07, 6.45) is 2.53. The summed E-state index contributed by atoms with van der Waals surface area (Å²) in [6, 6.07) is 14.4. The highest BCUT2D eigenvalue weighted by Crippen LogP contribution is 2.33. The fourth-order valence-corrected chi connectivity index (χ4v) is 2.63. The summed E-state index contributed by atoms with van der Waals surface area (Å²) >= 11 is 6.22. The highest BCUT2D eigenvalue weighted by molar-refractivity contribution is 6.31. The SMILES string of the molecule is CCOc1cccc(CNC2CC2)c1OCc1ccccc1Cl. The van der Waals surface area contributed by atoms with Crippen molar-refractivity contribution >= 4 is 11.6 Å². The number of hydrogen-bond acceptors (Lipinski definition) is 3. The summed E-state index contributed by atoms with van der Waals surface area (Å²) in [5.41, 5.74) is 2.09. The van der Waals surface area contributed by atoms with Gasteiger partial charge in [0.1, 0.15) is 6.61 Å². The molecule has 1 aliphatic rings. The maximum Gasteiger partial charge on any atom is 0.166 e. The van der Waals surface area contributed by atoms with Crippen molar-refractivity contribution in [2.24, 2.45) is 0 Å². The molecule has 1 aliphatic carbocycles. The van der Waals surface area contributed by atoms with E-state index in [0.717, 1.165) is 34.2 Å². The van der Waals surface area contributed by atoms with Gasteiger partial charge in [0.15, 0.2) is 11.5 Å². The molecule has 122 valence electrons. The van der Waals surface area contributed by atoms with Gasteiger partial charge in [-0.2, -0.15) is 0 Å². The molecule has 3 nitrogen and oxygen atoms in total. The minimum atomic E-state index is 0.431. The van der Waals surface area contributed by atoms with Crippen molar-refractivity contribution in [1.82, 2.24) is 5.32 Å². The Morgan fingerprint density at radius 2 is 1.83 bits per heavy atom. The summed E-state index contributed by atoms with van der Waals surface area (Å²) in [7, 11) is 0. The summed E-state index contributed by atoms with van der Waals surface area (Å²) in [4.78, 5) is 0. The standard InChI is InChI=1S/C19H22ClNO2/c1-2-22-18-9-5-7-14(12-21-16-10-11-16)19(18)23-13-15-6-3-4-8-17(15)20/h3-9,16,21H,2,10-13H2,1H3. The Bertz CT molecular complexity index is 656. The molecule has 23 heavy (non-hydrogen) atoms. The van der Waals surface area contributed by atoms with E-state index in [1.807, 2.05) is 43.3 Å². The van der Waals surface area contributed by atoms with Gasteiger partial charge >= 0.3 is 0 Å². The van der Waals surface area contributed by atoms with Crippen LogP contribution in [0.25, 0.3) is 0 Å². The minimum absolute atomic E-state index is 0.431. The number of ether oxygens (including phenoxy) is 2. The molecule has 2 aromatic carbocycles. The van der Waals surface area contributed by atoms with Crippen LogP contribution in [0.15, 0.2) is 42.5 Å². The Morgan fingerprint density at radius 1 is 1.04 bits per heavy atom.